The summed E-state index contributed by atoms with van der Waals surface area (Å²) in [6, 6.07) is 9.40. The topological polar surface area (TPSA) is 0 Å². The van der Waals surface area contributed by atoms with Gasteiger partial charge in [-0.25, -0.2) is 4.39 Å². The van der Waals surface area contributed by atoms with Crippen molar-refractivity contribution in [2.45, 2.75) is 24.9 Å². The minimum atomic E-state index is -4.63. The molecular weight excluding hydrogens is 325 g/mol. The summed E-state index contributed by atoms with van der Waals surface area (Å²) in [7, 11) is 0. The van der Waals surface area contributed by atoms with Crippen LogP contribution in [0.1, 0.15) is 23.7 Å². The SMILES string of the molecule is FC(CC(F)(F)F)c1ccc(-c2cccc(C(F)(F)F)c2)cc1. The normalized spacial score (nSPS) is 13.9. The van der Waals surface area contributed by atoms with Crippen molar-refractivity contribution in [3.05, 3.63) is 59.7 Å². The van der Waals surface area contributed by atoms with E-state index in [1.165, 1.54) is 24.3 Å². The monoisotopic (exact) mass is 336 g/mol. The van der Waals surface area contributed by atoms with E-state index in [4.69, 9.17) is 0 Å². The second kappa shape index (κ2) is 6.22. The lowest BCUT2D eigenvalue weighted by molar-refractivity contribution is -0.146. The summed E-state index contributed by atoms with van der Waals surface area (Å²) in [6.45, 7) is 0. The van der Waals surface area contributed by atoms with Crippen LogP contribution in [-0.2, 0) is 6.18 Å². The number of hydrogen-bond donors (Lipinski definition) is 0. The predicted octanol–water partition coefficient (Wildman–Crippen LogP) is 6.34. The van der Waals surface area contributed by atoms with Crippen LogP contribution in [0.5, 0.6) is 0 Å². The van der Waals surface area contributed by atoms with E-state index in [1.54, 1.807) is 0 Å². The van der Waals surface area contributed by atoms with Crippen LogP contribution in [0.3, 0.4) is 0 Å². The van der Waals surface area contributed by atoms with Crippen LogP contribution < -0.4 is 0 Å². The minimum absolute atomic E-state index is 0.168. The van der Waals surface area contributed by atoms with Gasteiger partial charge in [-0.15, -0.1) is 0 Å². The molecule has 0 spiro atoms. The van der Waals surface area contributed by atoms with Crippen LogP contribution >= 0.6 is 0 Å². The smallest absolute Gasteiger partial charge is 0.242 e. The fourth-order valence-corrected chi connectivity index (χ4v) is 2.08. The molecule has 0 fully saturated rings. The molecule has 0 aliphatic rings. The van der Waals surface area contributed by atoms with Crippen LogP contribution in [0.4, 0.5) is 30.7 Å². The Morgan fingerprint density at radius 2 is 1.39 bits per heavy atom. The van der Waals surface area contributed by atoms with E-state index >= 15 is 0 Å². The minimum Gasteiger partial charge on any atom is -0.242 e. The summed E-state index contributed by atoms with van der Waals surface area (Å²) >= 11 is 0. The molecule has 0 N–H and O–H groups in total. The predicted molar refractivity (Wildman–Crippen MR) is 71.4 cm³/mol. The summed E-state index contributed by atoms with van der Waals surface area (Å²) in [4.78, 5) is 0. The number of halogens is 7. The average Bonchev–Trinajstić information content (AvgIpc) is 2.45. The lowest BCUT2D eigenvalue weighted by Crippen LogP contribution is -2.11. The fraction of sp³-hybridized carbons (Fsp3) is 0.250. The highest BCUT2D eigenvalue weighted by Crippen LogP contribution is 2.34. The molecule has 0 saturated heterocycles. The third kappa shape index (κ3) is 4.71. The van der Waals surface area contributed by atoms with Crippen LogP contribution in [0.2, 0.25) is 0 Å². The van der Waals surface area contributed by atoms with E-state index in [1.807, 2.05) is 0 Å². The van der Waals surface area contributed by atoms with Crippen LogP contribution in [0, 0.1) is 0 Å². The zero-order valence-corrected chi connectivity index (χ0v) is 11.5. The lowest BCUT2D eigenvalue weighted by atomic mass is 9.99. The molecule has 0 amide bonds. The zero-order valence-electron chi connectivity index (χ0n) is 11.5. The Morgan fingerprint density at radius 1 is 0.783 bits per heavy atom. The van der Waals surface area contributed by atoms with E-state index in [0.29, 0.717) is 5.56 Å². The van der Waals surface area contributed by atoms with Crippen molar-refractivity contribution in [1.29, 1.82) is 0 Å². The molecule has 0 aromatic heterocycles. The van der Waals surface area contributed by atoms with Gasteiger partial charge < -0.3 is 0 Å². The molecule has 2 rings (SSSR count). The molecule has 2 aromatic rings. The number of alkyl halides is 7. The van der Waals surface area contributed by atoms with Crippen molar-refractivity contribution in [3.63, 3.8) is 0 Å². The van der Waals surface area contributed by atoms with Crippen molar-refractivity contribution in [1.82, 2.24) is 0 Å². The largest absolute Gasteiger partial charge is 0.416 e. The van der Waals surface area contributed by atoms with Gasteiger partial charge in [0.05, 0.1) is 12.0 Å². The summed E-state index contributed by atoms with van der Waals surface area (Å²) in [6.07, 6.45) is -12.9. The zero-order chi connectivity index (χ0) is 17.3. The first-order chi connectivity index (χ1) is 10.6. The molecule has 1 atom stereocenters. The molecule has 0 bridgehead atoms. The highest BCUT2D eigenvalue weighted by atomic mass is 19.4. The molecule has 124 valence electrons. The van der Waals surface area contributed by atoms with Crippen molar-refractivity contribution < 1.29 is 30.7 Å². The Morgan fingerprint density at radius 3 is 1.91 bits per heavy atom. The van der Waals surface area contributed by atoms with Gasteiger partial charge in [0.1, 0.15) is 6.17 Å². The first-order valence-electron chi connectivity index (χ1n) is 6.55. The van der Waals surface area contributed by atoms with E-state index in [9.17, 15) is 30.7 Å². The fourth-order valence-electron chi connectivity index (χ4n) is 2.08. The lowest BCUT2D eigenvalue weighted by Gasteiger charge is -2.12. The highest BCUT2D eigenvalue weighted by Gasteiger charge is 2.33. The van der Waals surface area contributed by atoms with E-state index in [0.717, 1.165) is 24.3 Å². The molecular formula is C16H11F7. The van der Waals surface area contributed by atoms with Crippen molar-refractivity contribution in [2.24, 2.45) is 0 Å². The summed E-state index contributed by atoms with van der Waals surface area (Å²) in [5.41, 5.74) is -0.394. The molecule has 23 heavy (non-hydrogen) atoms. The molecule has 7 heteroatoms. The van der Waals surface area contributed by atoms with Gasteiger partial charge in [0, 0.05) is 0 Å². The maximum Gasteiger partial charge on any atom is 0.416 e. The maximum absolute atomic E-state index is 13.5. The van der Waals surface area contributed by atoms with Gasteiger partial charge in [-0.05, 0) is 28.8 Å². The Balaban J connectivity index is 2.23. The second-order valence-electron chi connectivity index (χ2n) is 4.99. The summed E-state index contributed by atoms with van der Waals surface area (Å²) in [5, 5.41) is 0. The van der Waals surface area contributed by atoms with Gasteiger partial charge in [0.15, 0.2) is 0 Å². The summed E-state index contributed by atoms with van der Waals surface area (Å²) < 4.78 is 87.9. The first-order valence-corrected chi connectivity index (χ1v) is 6.55. The second-order valence-corrected chi connectivity index (χ2v) is 4.99. The molecule has 0 radical (unpaired) electrons. The Kier molecular flexibility index (Phi) is 4.68. The van der Waals surface area contributed by atoms with E-state index in [-0.39, 0.29) is 11.1 Å². The van der Waals surface area contributed by atoms with Crippen molar-refractivity contribution >= 4 is 0 Å². The van der Waals surface area contributed by atoms with E-state index in [2.05, 4.69) is 0 Å². The molecule has 1 unspecified atom stereocenters. The number of benzene rings is 2. The molecule has 0 aliphatic heterocycles. The first kappa shape index (κ1) is 17.3. The van der Waals surface area contributed by atoms with Crippen LogP contribution in [0.25, 0.3) is 11.1 Å². The number of rotatable bonds is 3. The van der Waals surface area contributed by atoms with Gasteiger partial charge >= 0.3 is 12.4 Å². The van der Waals surface area contributed by atoms with Crippen LogP contribution in [-0.4, -0.2) is 6.18 Å². The van der Waals surface area contributed by atoms with Crippen molar-refractivity contribution in [3.8, 4) is 11.1 Å². The Hall–Kier alpha value is -2.05. The third-order valence-corrected chi connectivity index (χ3v) is 3.21. The number of hydrogen-bond acceptors (Lipinski definition) is 0. The maximum atomic E-state index is 13.5. The van der Waals surface area contributed by atoms with Gasteiger partial charge in [0.2, 0.25) is 0 Å². The Labute approximate surface area is 127 Å². The van der Waals surface area contributed by atoms with Gasteiger partial charge in [-0.3, -0.25) is 0 Å². The van der Waals surface area contributed by atoms with Gasteiger partial charge in [0.25, 0.3) is 0 Å². The molecule has 0 heterocycles. The Bertz CT molecular complexity index is 653. The highest BCUT2D eigenvalue weighted by molar-refractivity contribution is 5.64. The van der Waals surface area contributed by atoms with Crippen molar-refractivity contribution in [2.75, 3.05) is 0 Å². The molecule has 0 aliphatic carbocycles. The molecule has 0 saturated carbocycles. The summed E-state index contributed by atoms with van der Waals surface area (Å²) in [5.74, 6) is 0. The van der Waals surface area contributed by atoms with E-state index < -0.39 is 30.5 Å². The molecule has 0 nitrogen and oxygen atoms in total. The molecule has 2 aromatic carbocycles. The third-order valence-electron chi connectivity index (χ3n) is 3.21. The standard InChI is InChI=1S/C16H11F7/c17-14(9-15(18,19)20)11-6-4-10(5-7-11)12-2-1-3-13(8-12)16(21,22)23/h1-8,14H,9H2. The van der Waals surface area contributed by atoms with Gasteiger partial charge in [-0.2, -0.15) is 26.3 Å². The van der Waals surface area contributed by atoms with Crippen LogP contribution in [0.15, 0.2) is 48.5 Å². The average molecular weight is 336 g/mol. The quantitative estimate of drug-likeness (QED) is 0.574. The van der Waals surface area contributed by atoms with Gasteiger partial charge in [-0.1, -0.05) is 36.4 Å².